The van der Waals surface area contributed by atoms with Crippen molar-refractivity contribution in [2.45, 2.75) is 32.1 Å². The molecule has 1 aliphatic carbocycles. The molecule has 0 spiro atoms. The first-order valence-corrected chi connectivity index (χ1v) is 13.1. The molecule has 2 heteroatoms. The molecule has 0 aliphatic heterocycles. The van der Waals surface area contributed by atoms with Gasteiger partial charge in [-0.25, -0.2) is 0 Å². The van der Waals surface area contributed by atoms with Crippen molar-refractivity contribution in [2.24, 2.45) is 0 Å². The smallest absolute Gasteiger partial charge is 0.139 e. The van der Waals surface area contributed by atoms with Crippen molar-refractivity contribution in [2.75, 3.05) is 0 Å². The van der Waals surface area contributed by atoms with Gasteiger partial charge in [-0.1, -0.05) is 73.2 Å². The maximum atomic E-state index is 6.33. The molecule has 2 atom stereocenters. The Morgan fingerprint density at radius 3 is 2.05 bits per heavy atom. The topological polar surface area (TPSA) is 26.3 Å². The Balaban J connectivity index is 1.33. The van der Waals surface area contributed by atoms with Gasteiger partial charge < -0.3 is 8.83 Å². The van der Waals surface area contributed by atoms with Crippen LogP contribution in [0.15, 0.2) is 106 Å². The summed E-state index contributed by atoms with van der Waals surface area (Å²) in [5.41, 5.74) is 11.8. The van der Waals surface area contributed by atoms with Crippen molar-refractivity contribution in [1.29, 1.82) is 0 Å². The summed E-state index contributed by atoms with van der Waals surface area (Å²) in [6.07, 6.45) is 1.02. The van der Waals surface area contributed by atoms with Crippen molar-refractivity contribution < 1.29 is 8.83 Å². The highest BCUT2D eigenvalue weighted by molar-refractivity contribution is 6.15. The molecule has 1 aliphatic rings. The van der Waals surface area contributed by atoms with Gasteiger partial charge in [-0.3, -0.25) is 0 Å². The van der Waals surface area contributed by atoms with Crippen molar-refractivity contribution in [3.05, 3.63) is 119 Å². The van der Waals surface area contributed by atoms with Crippen LogP contribution in [0.3, 0.4) is 0 Å². The summed E-state index contributed by atoms with van der Waals surface area (Å²) in [5.74, 6) is 0.770. The van der Waals surface area contributed by atoms with E-state index < -0.39 is 0 Å². The fourth-order valence-electron chi connectivity index (χ4n) is 6.55. The number of fused-ring (bicyclic) bond motifs is 9. The molecule has 2 aromatic heterocycles. The molecule has 0 fully saturated rings. The van der Waals surface area contributed by atoms with E-state index in [1.54, 1.807) is 0 Å². The lowest BCUT2D eigenvalue weighted by molar-refractivity contribution is 0.579. The van der Waals surface area contributed by atoms with E-state index in [1.807, 2.05) is 0 Å². The number of hydrogen-bond donors (Lipinski definition) is 0. The van der Waals surface area contributed by atoms with E-state index in [9.17, 15) is 0 Å². The zero-order valence-electron chi connectivity index (χ0n) is 20.9. The molecular weight excluding hydrogens is 452 g/mol. The number of hydrogen-bond acceptors (Lipinski definition) is 2. The van der Waals surface area contributed by atoms with Crippen LogP contribution in [0.2, 0.25) is 0 Å². The van der Waals surface area contributed by atoms with Crippen LogP contribution in [0.5, 0.6) is 0 Å². The zero-order valence-corrected chi connectivity index (χ0v) is 20.9. The van der Waals surface area contributed by atoms with E-state index in [1.165, 1.54) is 38.8 Å². The SMILES string of the molecule is Cc1ccc2oc3cc4oc5ccc([C@@H]6Cc7ccccc7-c7ccccc7C6C)cc5c4cc3c2c1. The first kappa shape index (κ1) is 20.8. The molecule has 0 N–H and O–H groups in total. The van der Waals surface area contributed by atoms with Crippen molar-refractivity contribution >= 4 is 43.9 Å². The Kier molecular flexibility index (Phi) is 4.28. The van der Waals surface area contributed by atoms with E-state index in [-0.39, 0.29) is 0 Å². The molecule has 2 nitrogen and oxygen atoms in total. The van der Waals surface area contributed by atoms with Crippen LogP contribution in [0.4, 0.5) is 0 Å². The minimum absolute atomic E-state index is 0.375. The second kappa shape index (κ2) is 7.60. The van der Waals surface area contributed by atoms with Crippen molar-refractivity contribution in [3.8, 4) is 11.1 Å². The van der Waals surface area contributed by atoms with Crippen molar-refractivity contribution in [1.82, 2.24) is 0 Å². The lowest BCUT2D eigenvalue weighted by Crippen LogP contribution is -2.10. The zero-order chi connectivity index (χ0) is 24.7. The van der Waals surface area contributed by atoms with Gasteiger partial charge in [0.15, 0.2) is 0 Å². The summed E-state index contributed by atoms with van der Waals surface area (Å²) in [5, 5.41) is 4.63. The van der Waals surface area contributed by atoms with E-state index in [4.69, 9.17) is 8.83 Å². The van der Waals surface area contributed by atoms with Crippen LogP contribution in [0.1, 0.15) is 41.0 Å². The summed E-state index contributed by atoms with van der Waals surface area (Å²) in [6, 6.07) is 35.3. The molecule has 8 rings (SSSR count). The average molecular weight is 479 g/mol. The molecule has 2 heterocycles. The van der Waals surface area contributed by atoms with E-state index in [2.05, 4.69) is 111 Å². The van der Waals surface area contributed by atoms with E-state index in [0.717, 1.165) is 44.9 Å². The maximum absolute atomic E-state index is 6.33. The first-order chi connectivity index (χ1) is 18.1. The summed E-state index contributed by atoms with van der Waals surface area (Å²) in [4.78, 5) is 0. The second-order valence-corrected chi connectivity index (χ2v) is 10.6. The van der Waals surface area contributed by atoms with Gasteiger partial charge in [-0.05, 0) is 83.3 Å². The predicted molar refractivity (Wildman–Crippen MR) is 152 cm³/mol. The molecule has 1 unspecified atom stereocenters. The number of furan rings is 2. The minimum Gasteiger partial charge on any atom is -0.456 e. The van der Waals surface area contributed by atoms with Gasteiger partial charge in [0.1, 0.15) is 22.3 Å². The lowest BCUT2D eigenvalue weighted by atomic mass is 9.80. The fourth-order valence-corrected chi connectivity index (χ4v) is 6.55. The largest absolute Gasteiger partial charge is 0.456 e. The van der Waals surface area contributed by atoms with Crippen LogP contribution in [0.25, 0.3) is 55.0 Å². The summed E-state index contributed by atoms with van der Waals surface area (Å²) < 4.78 is 12.5. The molecule has 0 amide bonds. The Labute approximate surface area is 215 Å². The highest BCUT2D eigenvalue weighted by Gasteiger charge is 2.29. The van der Waals surface area contributed by atoms with Crippen LogP contribution < -0.4 is 0 Å². The van der Waals surface area contributed by atoms with Gasteiger partial charge in [-0.2, -0.15) is 0 Å². The normalized spacial score (nSPS) is 17.4. The summed E-state index contributed by atoms with van der Waals surface area (Å²) >= 11 is 0. The van der Waals surface area contributed by atoms with E-state index in [0.29, 0.717) is 11.8 Å². The van der Waals surface area contributed by atoms with Gasteiger partial charge >= 0.3 is 0 Å². The molecule has 37 heavy (non-hydrogen) atoms. The van der Waals surface area contributed by atoms with Crippen LogP contribution in [-0.4, -0.2) is 0 Å². The van der Waals surface area contributed by atoms with Gasteiger partial charge in [0.2, 0.25) is 0 Å². The van der Waals surface area contributed by atoms with Gasteiger partial charge in [0.05, 0.1) is 0 Å². The molecule has 0 bridgehead atoms. The summed E-state index contributed by atoms with van der Waals surface area (Å²) in [7, 11) is 0. The fraction of sp³-hybridized carbons (Fsp3) is 0.143. The number of benzene rings is 5. The summed E-state index contributed by atoms with van der Waals surface area (Å²) in [6.45, 7) is 4.51. The molecule has 7 aromatic rings. The lowest BCUT2D eigenvalue weighted by Gasteiger charge is -2.24. The van der Waals surface area contributed by atoms with Crippen LogP contribution in [0, 0.1) is 6.92 Å². The second-order valence-electron chi connectivity index (χ2n) is 10.6. The highest BCUT2D eigenvalue weighted by atomic mass is 16.3. The van der Waals surface area contributed by atoms with Gasteiger partial charge in [0.25, 0.3) is 0 Å². The third-order valence-electron chi connectivity index (χ3n) is 8.47. The average Bonchev–Trinajstić information content (AvgIpc) is 3.42. The molecule has 178 valence electrons. The van der Waals surface area contributed by atoms with E-state index >= 15 is 0 Å². The van der Waals surface area contributed by atoms with Crippen LogP contribution in [-0.2, 0) is 6.42 Å². The van der Waals surface area contributed by atoms with Gasteiger partial charge in [-0.15, -0.1) is 0 Å². The Bertz CT molecular complexity index is 2000. The van der Waals surface area contributed by atoms with Crippen LogP contribution >= 0.6 is 0 Å². The Morgan fingerprint density at radius 1 is 0.595 bits per heavy atom. The molecule has 0 radical (unpaired) electrons. The third-order valence-corrected chi connectivity index (χ3v) is 8.47. The molecule has 0 saturated carbocycles. The Morgan fingerprint density at radius 2 is 1.24 bits per heavy atom. The first-order valence-electron chi connectivity index (χ1n) is 13.1. The monoisotopic (exact) mass is 478 g/mol. The Hall–Kier alpha value is -4.30. The predicted octanol–water partition coefficient (Wildman–Crippen LogP) is 9.90. The molecule has 0 saturated heterocycles. The van der Waals surface area contributed by atoms with Crippen molar-refractivity contribution in [3.63, 3.8) is 0 Å². The quantitative estimate of drug-likeness (QED) is 0.235. The van der Waals surface area contributed by atoms with Gasteiger partial charge in [0, 0.05) is 27.6 Å². The maximum Gasteiger partial charge on any atom is 0.139 e. The highest BCUT2D eigenvalue weighted by Crippen LogP contribution is 2.46. The standard InChI is InChI=1S/C35H26O2/c1-20-11-13-32-28(15-20)30-18-31-29-17-23(12-14-33(29)37-35(31)19-34(30)36-32)27-16-22-7-3-4-9-25(22)26-10-6-5-8-24(26)21(27)2/h3-15,17-19,21,27H,16H2,1-2H3/t21?,27-/m1/s1. The number of aryl methyl sites for hydroxylation is 1. The third kappa shape index (κ3) is 3.05. The molecular formula is C35H26O2. The minimum atomic E-state index is 0.375. The molecule has 5 aromatic carbocycles. The number of rotatable bonds is 1.